The standard InChI is InChI=1S/C30H48N4O2S2.ClH/c1-29(2)26(33-30(3,4)38-29)28(36)32-25(21-37-20-23-13-9-6-10-14-23)27(35)31-24-15-17-34(18-16-24)19-22-11-7-5-8-12-22;/h5,7-8,11-12,23-26,33H,6,9-10,13-21H2,1-4H3,(H,31,35)(H,32,36);1H/t25-,26+;/m0./s1. The first-order chi connectivity index (χ1) is 18.1. The number of nitrogens with zero attached hydrogens (tertiary/aromatic N) is 1. The predicted molar refractivity (Wildman–Crippen MR) is 169 cm³/mol. The molecule has 2 heterocycles. The fourth-order valence-corrected chi connectivity index (χ4v) is 9.22. The maximum Gasteiger partial charge on any atom is 0.243 e. The highest BCUT2D eigenvalue weighted by atomic mass is 35.5. The summed E-state index contributed by atoms with van der Waals surface area (Å²) in [7, 11) is 0. The number of amides is 2. The van der Waals surface area contributed by atoms with E-state index in [0.717, 1.165) is 44.1 Å². The second-order valence-corrected chi connectivity index (χ2v) is 15.8. The van der Waals surface area contributed by atoms with Crippen LogP contribution >= 0.6 is 35.9 Å². The Morgan fingerprint density at radius 1 is 1.05 bits per heavy atom. The van der Waals surface area contributed by atoms with E-state index in [0.29, 0.717) is 5.75 Å². The van der Waals surface area contributed by atoms with Gasteiger partial charge in [0.15, 0.2) is 0 Å². The van der Waals surface area contributed by atoms with Crippen LogP contribution in [-0.4, -0.2) is 69.1 Å². The van der Waals surface area contributed by atoms with Gasteiger partial charge in [0.05, 0.1) is 4.87 Å². The van der Waals surface area contributed by atoms with Crippen molar-refractivity contribution in [2.24, 2.45) is 5.92 Å². The zero-order chi connectivity index (χ0) is 27.2. The van der Waals surface area contributed by atoms with Crippen LogP contribution in [0.2, 0.25) is 0 Å². The molecule has 3 N–H and O–H groups in total. The van der Waals surface area contributed by atoms with E-state index in [1.54, 1.807) is 11.8 Å². The quantitative estimate of drug-likeness (QED) is 0.344. The molecule has 6 nitrogen and oxygen atoms in total. The van der Waals surface area contributed by atoms with Gasteiger partial charge in [-0.05, 0) is 70.6 Å². The van der Waals surface area contributed by atoms with Gasteiger partial charge >= 0.3 is 0 Å². The lowest BCUT2D eigenvalue weighted by atomic mass is 9.91. The summed E-state index contributed by atoms with van der Waals surface area (Å²) < 4.78 is -0.241. The maximum atomic E-state index is 13.5. The number of hydrogen-bond acceptors (Lipinski definition) is 6. The number of thioether (sulfide) groups is 2. The molecule has 0 spiro atoms. The van der Waals surface area contributed by atoms with Crippen LogP contribution in [0.4, 0.5) is 0 Å². The van der Waals surface area contributed by atoms with Crippen LogP contribution < -0.4 is 16.0 Å². The molecule has 39 heavy (non-hydrogen) atoms. The van der Waals surface area contributed by atoms with Crippen LogP contribution in [0.25, 0.3) is 0 Å². The van der Waals surface area contributed by atoms with Gasteiger partial charge in [-0.3, -0.25) is 19.8 Å². The number of carbonyl (C=O) groups excluding carboxylic acids is 2. The second kappa shape index (κ2) is 14.8. The molecular weight excluding hydrogens is 548 g/mol. The van der Waals surface area contributed by atoms with Crippen molar-refractivity contribution in [1.82, 2.24) is 20.9 Å². The summed E-state index contributed by atoms with van der Waals surface area (Å²) in [6.07, 6.45) is 8.47. The molecule has 1 aromatic rings. The molecule has 9 heteroatoms. The third-order valence-corrected chi connectivity index (χ3v) is 10.8. The molecule has 3 aliphatic rings. The number of carbonyl (C=O) groups is 2. The molecule has 220 valence electrons. The highest BCUT2D eigenvalue weighted by Gasteiger charge is 2.49. The van der Waals surface area contributed by atoms with E-state index < -0.39 is 6.04 Å². The Bertz CT molecular complexity index is 919. The van der Waals surface area contributed by atoms with E-state index >= 15 is 0 Å². The largest absolute Gasteiger partial charge is 0.351 e. The van der Waals surface area contributed by atoms with Crippen LogP contribution in [0.1, 0.15) is 78.2 Å². The van der Waals surface area contributed by atoms with Crippen LogP contribution in [0.15, 0.2) is 30.3 Å². The van der Waals surface area contributed by atoms with E-state index in [4.69, 9.17) is 0 Å². The lowest BCUT2D eigenvalue weighted by Gasteiger charge is -2.33. The van der Waals surface area contributed by atoms with Crippen molar-refractivity contribution in [3.05, 3.63) is 35.9 Å². The van der Waals surface area contributed by atoms with Gasteiger partial charge in [-0.15, -0.1) is 24.2 Å². The van der Waals surface area contributed by atoms with Crippen molar-refractivity contribution in [1.29, 1.82) is 0 Å². The van der Waals surface area contributed by atoms with E-state index in [1.165, 1.54) is 37.7 Å². The summed E-state index contributed by atoms with van der Waals surface area (Å²) in [5, 5.41) is 9.95. The Balaban J connectivity index is 0.00000420. The van der Waals surface area contributed by atoms with E-state index in [-0.39, 0.29) is 45.9 Å². The van der Waals surface area contributed by atoms with Gasteiger partial charge in [-0.25, -0.2) is 0 Å². The summed E-state index contributed by atoms with van der Waals surface area (Å²) in [4.78, 5) is 29.3. The molecular formula is C30H49ClN4O2S2. The molecule has 2 atom stereocenters. The Hall–Kier alpha value is -0.930. The maximum absolute atomic E-state index is 13.5. The van der Waals surface area contributed by atoms with Gasteiger partial charge < -0.3 is 10.6 Å². The average Bonchev–Trinajstić information content (AvgIpc) is 3.12. The lowest BCUT2D eigenvalue weighted by Crippen LogP contribution is -2.58. The molecule has 1 saturated carbocycles. The first-order valence-electron chi connectivity index (χ1n) is 14.5. The zero-order valence-electron chi connectivity index (χ0n) is 24.2. The number of piperidine rings is 1. The summed E-state index contributed by atoms with van der Waals surface area (Å²) in [5.74, 6) is 2.36. The Morgan fingerprint density at radius 2 is 1.72 bits per heavy atom. The minimum atomic E-state index is -0.509. The Morgan fingerprint density at radius 3 is 2.33 bits per heavy atom. The Labute approximate surface area is 250 Å². The van der Waals surface area contributed by atoms with Gasteiger partial charge in [-0.2, -0.15) is 11.8 Å². The molecule has 3 fully saturated rings. The highest BCUT2D eigenvalue weighted by Crippen LogP contribution is 2.44. The number of benzene rings is 1. The molecule has 1 aromatic carbocycles. The van der Waals surface area contributed by atoms with Crippen molar-refractivity contribution < 1.29 is 9.59 Å². The van der Waals surface area contributed by atoms with Crippen molar-refractivity contribution in [2.75, 3.05) is 24.6 Å². The molecule has 2 amide bonds. The topological polar surface area (TPSA) is 73.5 Å². The molecule has 4 rings (SSSR count). The fourth-order valence-electron chi connectivity index (χ4n) is 6.17. The fraction of sp³-hybridized carbons (Fsp3) is 0.733. The predicted octanol–water partition coefficient (Wildman–Crippen LogP) is 5.21. The summed E-state index contributed by atoms with van der Waals surface area (Å²) in [6, 6.07) is 9.89. The van der Waals surface area contributed by atoms with Gasteiger partial charge in [0.25, 0.3) is 0 Å². The monoisotopic (exact) mass is 596 g/mol. The van der Waals surface area contributed by atoms with Gasteiger partial charge in [0, 0.05) is 36.2 Å². The lowest BCUT2D eigenvalue weighted by molar-refractivity contribution is -0.130. The van der Waals surface area contributed by atoms with Crippen LogP contribution in [0.3, 0.4) is 0 Å². The van der Waals surface area contributed by atoms with E-state index in [1.807, 2.05) is 11.8 Å². The third kappa shape index (κ3) is 9.84. The van der Waals surface area contributed by atoms with Crippen molar-refractivity contribution >= 4 is 47.7 Å². The summed E-state index contributed by atoms with van der Waals surface area (Å²) >= 11 is 3.61. The minimum Gasteiger partial charge on any atom is -0.351 e. The first kappa shape index (κ1) is 32.6. The SMILES string of the molecule is CC1(C)N[C@H](C(=O)N[C@@H](CSCC2CCCCC2)C(=O)NC2CCN(Cc3ccccc3)CC2)C(C)(C)S1.Cl. The molecule has 0 aromatic heterocycles. The molecule has 2 saturated heterocycles. The van der Waals surface area contributed by atoms with E-state index in [9.17, 15) is 9.59 Å². The molecule has 0 unspecified atom stereocenters. The smallest absolute Gasteiger partial charge is 0.243 e. The first-order valence-corrected chi connectivity index (χ1v) is 16.5. The van der Waals surface area contributed by atoms with Crippen molar-refractivity contribution in [3.8, 4) is 0 Å². The average molecular weight is 597 g/mol. The molecule has 0 radical (unpaired) electrons. The molecule has 0 bridgehead atoms. The molecule has 2 aliphatic heterocycles. The van der Waals surface area contributed by atoms with Gasteiger partial charge in [0.2, 0.25) is 11.8 Å². The van der Waals surface area contributed by atoms with Gasteiger partial charge in [-0.1, -0.05) is 49.6 Å². The van der Waals surface area contributed by atoms with Gasteiger partial charge in [0.1, 0.15) is 12.1 Å². The van der Waals surface area contributed by atoms with Crippen LogP contribution in [-0.2, 0) is 16.1 Å². The Kier molecular flexibility index (Phi) is 12.4. The van der Waals surface area contributed by atoms with Crippen LogP contribution in [0.5, 0.6) is 0 Å². The van der Waals surface area contributed by atoms with E-state index in [2.05, 4.69) is 78.9 Å². The summed E-state index contributed by atoms with van der Waals surface area (Å²) in [5.41, 5.74) is 1.33. The second-order valence-electron chi connectivity index (χ2n) is 12.4. The zero-order valence-corrected chi connectivity index (χ0v) is 26.6. The number of halogens is 1. The minimum absolute atomic E-state index is 0. The highest BCUT2D eigenvalue weighted by molar-refractivity contribution is 8.02. The third-order valence-electron chi connectivity index (χ3n) is 8.15. The number of likely N-dealkylation sites (tertiary alicyclic amines) is 1. The number of rotatable bonds is 10. The normalized spacial score (nSPS) is 24.5. The van der Waals surface area contributed by atoms with Crippen molar-refractivity contribution in [3.63, 3.8) is 0 Å². The molecule has 1 aliphatic carbocycles. The number of hydrogen-bond donors (Lipinski definition) is 3. The van der Waals surface area contributed by atoms with Crippen molar-refractivity contribution in [2.45, 2.75) is 107 Å². The summed E-state index contributed by atoms with van der Waals surface area (Å²) in [6.45, 7) is 11.3. The van der Waals surface area contributed by atoms with Crippen LogP contribution in [0, 0.1) is 5.92 Å². The number of nitrogens with one attached hydrogen (secondary N) is 3.